The van der Waals surface area contributed by atoms with Crippen LogP contribution in [0.1, 0.15) is 45.8 Å². The van der Waals surface area contributed by atoms with Gasteiger partial charge in [-0.3, -0.25) is 24.2 Å². The summed E-state index contributed by atoms with van der Waals surface area (Å²) in [5.74, 6) is 1.08. The molecule has 0 radical (unpaired) electrons. The van der Waals surface area contributed by atoms with E-state index in [0.717, 1.165) is 43.8 Å². The summed E-state index contributed by atoms with van der Waals surface area (Å²) in [7, 11) is 0. The third kappa shape index (κ3) is 4.20. The van der Waals surface area contributed by atoms with Crippen molar-refractivity contribution in [2.24, 2.45) is 5.92 Å². The number of fused-ring (bicyclic) bond motifs is 2. The monoisotopic (exact) mass is 444 g/mol. The van der Waals surface area contributed by atoms with Crippen LogP contribution in [0.2, 0.25) is 0 Å². The molecule has 7 nitrogen and oxygen atoms in total. The zero-order valence-electron chi connectivity index (χ0n) is 18.9. The molecule has 0 unspecified atom stereocenters. The maximum Gasteiger partial charge on any atom is 0.261 e. The van der Waals surface area contributed by atoms with Gasteiger partial charge >= 0.3 is 0 Å². The van der Waals surface area contributed by atoms with Crippen molar-refractivity contribution in [3.05, 3.63) is 65.5 Å². The maximum absolute atomic E-state index is 12.6. The fraction of sp³-hybridized carbons (Fsp3) is 0.385. The molecule has 2 amide bonds. The number of rotatable bonds is 7. The number of ketones is 1. The molecule has 0 saturated carbocycles. The summed E-state index contributed by atoms with van der Waals surface area (Å²) in [6, 6.07) is 15.1. The Morgan fingerprint density at radius 1 is 0.970 bits per heavy atom. The van der Waals surface area contributed by atoms with Crippen LogP contribution in [-0.2, 0) is 11.3 Å². The topological polar surface area (TPSA) is 75.5 Å². The molecule has 3 aromatic rings. The molecule has 0 bridgehead atoms. The van der Waals surface area contributed by atoms with Crippen LogP contribution in [0.15, 0.2) is 48.5 Å². The number of carbonyl (C=O) groups excluding carboxylic acids is 3. The normalized spacial score (nSPS) is 17.2. The third-order valence-electron chi connectivity index (χ3n) is 6.89. The number of para-hydroxylation sites is 2. The SMILES string of the molecule is Cc1nc2ccccc2n1CC1CCN(CC(=O)CCN2C(=O)c3ccccc3C2=O)CC1. The molecule has 0 atom stereocenters. The molecule has 7 heteroatoms. The van der Waals surface area contributed by atoms with E-state index in [-0.39, 0.29) is 30.6 Å². The van der Waals surface area contributed by atoms with Crippen LogP contribution in [0.5, 0.6) is 0 Å². The van der Waals surface area contributed by atoms with Crippen LogP contribution in [0.3, 0.4) is 0 Å². The van der Waals surface area contributed by atoms with E-state index in [1.165, 1.54) is 10.4 Å². The van der Waals surface area contributed by atoms with Crippen LogP contribution in [-0.4, -0.2) is 63.1 Å². The summed E-state index contributed by atoms with van der Waals surface area (Å²) in [6.45, 7) is 5.30. The van der Waals surface area contributed by atoms with Gasteiger partial charge in [-0.15, -0.1) is 0 Å². The lowest BCUT2D eigenvalue weighted by atomic mass is 9.96. The van der Waals surface area contributed by atoms with Gasteiger partial charge in [0.15, 0.2) is 0 Å². The van der Waals surface area contributed by atoms with Crippen molar-refractivity contribution < 1.29 is 14.4 Å². The Kier molecular flexibility index (Phi) is 5.81. The first-order valence-corrected chi connectivity index (χ1v) is 11.6. The Balaban J connectivity index is 1.10. The molecule has 0 spiro atoms. The van der Waals surface area contributed by atoms with Crippen LogP contribution in [0, 0.1) is 12.8 Å². The average molecular weight is 445 g/mol. The zero-order chi connectivity index (χ0) is 22.9. The van der Waals surface area contributed by atoms with Gasteiger partial charge in [-0.1, -0.05) is 24.3 Å². The van der Waals surface area contributed by atoms with Gasteiger partial charge in [-0.2, -0.15) is 0 Å². The number of Topliss-reactive ketones (excluding diaryl/α,β-unsaturated/α-hetero) is 1. The highest BCUT2D eigenvalue weighted by atomic mass is 16.2. The summed E-state index contributed by atoms with van der Waals surface area (Å²) in [5.41, 5.74) is 3.08. The fourth-order valence-corrected chi connectivity index (χ4v) is 5.02. The van der Waals surface area contributed by atoms with Crippen LogP contribution < -0.4 is 0 Å². The van der Waals surface area contributed by atoms with E-state index in [1.54, 1.807) is 24.3 Å². The molecule has 1 saturated heterocycles. The Labute approximate surface area is 193 Å². The van der Waals surface area contributed by atoms with Crippen molar-refractivity contribution in [2.75, 3.05) is 26.2 Å². The van der Waals surface area contributed by atoms with E-state index in [0.29, 0.717) is 23.6 Å². The van der Waals surface area contributed by atoms with E-state index < -0.39 is 0 Å². The second-order valence-electron chi connectivity index (χ2n) is 9.07. The molecule has 33 heavy (non-hydrogen) atoms. The number of amides is 2. The number of benzene rings is 2. The Morgan fingerprint density at radius 3 is 2.30 bits per heavy atom. The first-order valence-electron chi connectivity index (χ1n) is 11.6. The number of carbonyl (C=O) groups is 3. The molecule has 3 heterocycles. The van der Waals surface area contributed by atoms with Gasteiger partial charge in [-0.25, -0.2) is 4.98 Å². The van der Waals surface area contributed by atoms with Crippen LogP contribution in [0.25, 0.3) is 11.0 Å². The molecule has 2 aromatic carbocycles. The third-order valence-corrected chi connectivity index (χ3v) is 6.89. The molecule has 2 aliphatic heterocycles. The lowest BCUT2D eigenvalue weighted by molar-refractivity contribution is -0.120. The maximum atomic E-state index is 12.6. The van der Waals surface area contributed by atoms with Crippen molar-refractivity contribution >= 4 is 28.6 Å². The summed E-state index contributed by atoms with van der Waals surface area (Å²) in [4.78, 5) is 45.6. The smallest absolute Gasteiger partial charge is 0.261 e. The summed E-state index contributed by atoms with van der Waals surface area (Å²) in [6.07, 6.45) is 2.28. The first-order chi connectivity index (χ1) is 16.0. The Morgan fingerprint density at radius 2 is 1.61 bits per heavy atom. The Bertz CT molecular complexity index is 1190. The van der Waals surface area contributed by atoms with E-state index >= 15 is 0 Å². The van der Waals surface area contributed by atoms with Crippen molar-refractivity contribution in [1.82, 2.24) is 19.4 Å². The Hall–Kier alpha value is -3.32. The summed E-state index contributed by atoms with van der Waals surface area (Å²) < 4.78 is 2.31. The van der Waals surface area contributed by atoms with E-state index in [1.807, 2.05) is 6.07 Å². The van der Waals surface area contributed by atoms with Gasteiger partial charge < -0.3 is 4.57 Å². The predicted octanol–water partition coefficient (Wildman–Crippen LogP) is 3.31. The van der Waals surface area contributed by atoms with Crippen molar-refractivity contribution in [3.63, 3.8) is 0 Å². The largest absolute Gasteiger partial charge is 0.328 e. The molecular formula is C26H28N4O3. The second kappa shape index (κ2) is 8.90. The van der Waals surface area contributed by atoms with Gasteiger partial charge in [0.05, 0.1) is 28.7 Å². The van der Waals surface area contributed by atoms with Gasteiger partial charge in [0.1, 0.15) is 11.6 Å². The molecule has 2 aliphatic rings. The van der Waals surface area contributed by atoms with Gasteiger partial charge in [0.2, 0.25) is 0 Å². The van der Waals surface area contributed by atoms with E-state index in [2.05, 4.69) is 39.6 Å². The molecule has 0 N–H and O–H groups in total. The van der Waals surface area contributed by atoms with Crippen molar-refractivity contribution in [3.8, 4) is 0 Å². The molecule has 170 valence electrons. The minimum Gasteiger partial charge on any atom is -0.328 e. The van der Waals surface area contributed by atoms with Gasteiger partial charge in [-0.05, 0) is 63.0 Å². The number of aromatic nitrogens is 2. The summed E-state index contributed by atoms with van der Waals surface area (Å²) in [5, 5.41) is 0. The number of imidazole rings is 1. The van der Waals surface area contributed by atoms with E-state index in [4.69, 9.17) is 0 Å². The van der Waals surface area contributed by atoms with Gasteiger partial charge in [0.25, 0.3) is 11.8 Å². The van der Waals surface area contributed by atoms with Crippen LogP contribution in [0.4, 0.5) is 0 Å². The molecule has 0 aliphatic carbocycles. The quantitative estimate of drug-likeness (QED) is 0.523. The number of aryl methyl sites for hydroxylation is 1. The van der Waals surface area contributed by atoms with Crippen molar-refractivity contribution in [2.45, 2.75) is 32.7 Å². The second-order valence-corrected chi connectivity index (χ2v) is 9.07. The van der Waals surface area contributed by atoms with Crippen molar-refractivity contribution in [1.29, 1.82) is 0 Å². The minimum atomic E-state index is -0.300. The highest BCUT2D eigenvalue weighted by Crippen LogP contribution is 2.24. The van der Waals surface area contributed by atoms with E-state index in [9.17, 15) is 14.4 Å². The molecular weight excluding hydrogens is 416 g/mol. The number of imide groups is 1. The number of piperidine rings is 1. The zero-order valence-corrected chi connectivity index (χ0v) is 18.9. The molecule has 1 fully saturated rings. The lowest BCUT2D eigenvalue weighted by Crippen LogP contribution is -2.39. The predicted molar refractivity (Wildman–Crippen MR) is 125 cm³/mol. The number of likely N-dealkylation sites (tertiary alicyclic amines) is 1. The highest BCUT2D eigenvalue weighted by Gasteiger charge is 2.35. The standard InChI is InChI=1S/C26H28N4O3/c1-18-27-23-8-4-5-9-24(23)30(18)16-19-10-13-28(14-11-19)17-20(31)12-15-29-25(32)21-6-2-3-7-22(21)26(29)33/h2-9,19H,10-17H2,1H3. The number of nitrogens with zero attached hydrogens (tertiary/aromatic N) is 4. The molecule has 5 rings (SSSR count). The highest BCUT2D eigenvalue weighted by molar-refractivity contribution is 6.21. The molecule has 1 aromatic heterocycles. The lowest BCUT2D eigenvalue weighted by Gasteiger charge is -2.32. The average Bonchev–Trinajstić information content (AvgIpc) is 3.27. The van der Waals surface area contributed by atoms with Gasteiger partial charge in [0, 0.05) is 19.5 Å². The number of hydrogen-bond acceptors (Lipinski definition) is 5. The van der Waals surface area contributed by atoms with Crippen LogP contribution >= 0.6 is 0 Å². The fourth-order valence-electron chi connectivity index (χ4n) is 5.02. The number of hydrogen-bond donors (Lipinski definition) is 0. The first kappa shape index (κ1) is 21.5. The minimum absolute atomic E-state index is 0.0708. The summed E-state index contributed by atoms with van der Waals surface area (Å²) >= 11 is 0.